The van der Waals surface area contributed by atoms with E-state index in [1.807, 2.05) is 6.92 Å². The van der Waals surface area contributed by atoms with Crippen LogP contribution in [0.1, 0.15) is 64.7 Å². The molecule has 2 rings (SSSR count). The molecule has 3 atom stereocenters. The fourth-order valence-corrected chi connectivity index (χ4v) is 3.96. The molecular formula is C17H28N4O2. The van der Waals surface area contributed by atoms with E-state index in [0.29, 0.717) is 18.8 Å². The molecule has 0 aromatic rings. The molecular weight excluding hydrogens is 292 g/mol. The van der Waals surface area contributed by atoms with Crippen LogP contribution in [0.15, 0.2) is 0 Å². The highest BCUT2D eigenvalue weighted by Crippen LogP contribution is 2.28. The van der Waals surface area contributed by atoms with Crippen LogP contribution in [0.5, 0.6) is 0 Å². The summed E-state index contributed by atoms with van der Waals surface area (Å²) in [4.78, 5) is 23.8. The van der Waals surface area contributed by atoms with E-state index < -0.39 is 17.5 Å². The molecule has 4 N–H and O–H groups in total. The molecule has 1 aliphatic heterocycles. The van der Waals surface area contributed by atoms with E-state index in [-0.39, 0.29) is 18.4 Å². The number of amides is 2. The molecule has 0 radical (unpaired) electrons. The van der Waals surface area contributed by atoms with Crippen molar-refractivity contribution < 1.29 is 9.59 Å². The van der Waals surface area contributed by atoms with Gasteiger partial charge in [-0.1, -0.05) is 32.1 Å². The molecule has 1 saturated heterocycles. The topological polar surface area (TPSA) is 108 Å². The fraction of sp³-hybridized carbons (Fsp3) is 0.824. The van der Waals surface area contributed by atoms with Crippen LogP contribution in [0.3, 0.4) is 0 Å². The standard InChI is InChI=1S/C17H28N4O2/c1-12-9-17(11-18,10-14(20-12)16(19)23)21-15(22)8-7-13-5-3-2-4-6-13/h12-14,20H,2-10H2,1H3,(H2,19,23)(H,21,22). The van der Waals surface area contributed by atoms with Crippen LogP contribution in [0, 0.1) is 17.2 Å². The molecule has 0 spiro atoms. The fourth-order valence-electron chi connectivity index (χ4n) is 3.96. The van der Waals surface area contributed by atoms with Crippen LogP contribution in [0.25, 0.3) is 0 Å². The monoisotopic (exact) mass is 320 g/mol. The molecule has 0 aromatic carbocycles. The van der Waals surface area contributed by atoms with Gasteiger partial charge in [0.2, 0.25) is 11.8 Å². The smallest absolute Gasteiger partial charge is 0.234 e. The number of hydrogen-bond donors (Lipinski definition) is 3. The molecule has 2 fully saturated rings. The summed E-state index contributed by atoms with van der Waals surface area (Å²) in [5.74, 6) is 0.0694. The molecule has 6 nitrogen and oxygen atoms in total. The van der Waals surface area contributed by atoms with Gasteiger partial charge in [0.15, 0.2) is 0 Å². The first-order valence-corrected chi connectivity index (χ1v) is 8.72. The lowest BCUT2D eigenvalue weighted by Crippen LogP contribution is -2.62. The number of piperidine rings is 1. The molecule has 1 heterocycles. The Hall–Kier alpha value is -1.61. The Morgan fingerprint density at radius 1 is 1.30 bits per heavy atom. The number of nitrogens with zero attached hydrogens (tertiary/aromatic N) is 1. The minimum absolute atomic E-state index is 0.0421. The number of carbonyl (C=O) groups is 2. The summed E-state index contributed by atoms with van der Waals surface area (Å²) in [6.45, 7) is 1.90. The average molecular weight is 320 g/mol. The van der Waals surface area contributed by atoms with Gasteiger partial charge in [-0.15, -0.1) is 0 Å². The highest BCUT2D eigenvalue weighted by atomic mass is 16.2. The lowest BCUT2D eigenvalue weighted by molar-refractivity contribution is -0.125. The molecule has 128 valence electrons. The van der Waals surface area contributed by atoms with Crippen molar-refractivity contribution in [2.75, 3.05) is 0 Å². The lowest BCUT2D eigenvalue weighted by Gasteiger charge is -2.39. The number of hydrogen-bond acceptors (Lipinski definition) is 4. The van der Waals surface area contributed by atoms with Crippen LogP contribution in [0.4, 0.5) is 0 Å². The van der Waals surface area contributed by atoms with E-state index >= 15 is 0 Å². The van der Waals surface area contributed by atoms with Gasteiger partial charge in [-0.05, 0) is 25.7 Å². The van der Waals surface area contributed by atoms with Crippen molar-refractivity contribution in [3.63, 3.8) is 0 Å². The maximum Gasteiger partial charge on any atom is 0.234 e. The predicted molar refractivity (Wildman–Crippen MR) is 87.1 cm³/mol. The van der Waals surface area contributed by atoms with E-state index in [2.05, 4.69) is 16.7 Å². The highest BCUT2D eigenvalue weighted by Gasteiger charge is 2.42. The van der Waals surface area contributed by atoms with Gasteiger partial charge in [0.25, 0.3) is 0 Å². The molecule has 2 aliphatic rings. The zero-order valence-electron chi connectivity index (χ0n) is 13.9. The second-order valence-electron chi connectivity index (χ2n) is 7.22. The summed E-state index contributed by atoms with van der Waals surface area (Å²) in [6, 6.07) is 1.61. The van der Waals surface area contributed by atoms with Crippen molar-refractivity contribution in [2.24, 2.45) is 11.7 Å². The number of nitrogens with two attached hydrogens (primary N) is 1. The van der Waals surface area contributed by atoms with Gasteiger partial charge >= 0.3 is 0 Å². The van der Waals surface area contributed by atoms with Gasteiger partial charge in [-0.25, -0.2) is 0 Å². The van der Waals surface area contributed by atoms with Crippen molar-refractivity contribution in [3.8, 4) is 6.07 Å². The van der Waals surface area contributed by atoms with Gasteiger partial charge in [-0.2, -0.15) is 5.26 Å². The van der Waals surface area contributed by atoms with E-state index in [1.54, 1.807) is 0 Å². The maximum atomic E-state index is 12.3. The van der Waals surface area contributed by atoms with Gasteiger partial charge in [-0.3, -0.25) is 9.59 Å². The first-order chi connectivity index (χ1) is 10.9. The Morgan fingerprint density at radius 3 is 2.61 bits per heavy atom. The summed E-state index contributed by atoms with van der Waals surface area (Å²) >= 11 is 0. The van der Waals surface area contributed by atoms with Crippen LogP contribution in [-0.2, 0) is 9.59 Å². The average Bonchev–Trinajstić information content (AvgIpc) is 2.53. The SMILES string of the molecule is CC1CC(C#N)(NC(=O)CCC2CCCCC2)CC(C(N)=O)N1. The molecule has 1 saturated carbocycles. The first kappa shape index (κ1) is 17.7. The highest BCUT2D eigenvalue weighted by molar-refractivity contribution is 5.81. The summed E-state index contributed by atoms with van der Waals surface area (Å²) in [5.41, 5.74) is 4.38. The van der Waals surface area contributed by atoms with Crippen molar-refractivity contribution >= 4 is 11.8 Å². The van der Waals surface area contributed by atoms with Crippen molar-refractivity contribution in [3.05, 3.63) is 0 Å². The molecule has 6 heteroatoms. The van der Waals surface area contributed by atoms with Crippen LogP contribution in [-0.4, -0.2) is 29.4 Å². The number of nitrogens with one attached hydrogen (secondary N) is 2. The van der Waals surface area contributed by atoms with E-state index in [4.69, 9.17) is 5.73 Å². The number of rotatable bonds is 5. The Bertz CT molecular complexity index is 481. The van der Waals surface area contributed by atoms with Gasteiger partial charge in [0.05, 0.1) is 12.1 Å². The Kier molecular flexibility index (Phi) is 6.00. The summed E-state index contributed by atoms with van der Waals surface area (Å²) in [6.07, 6.45) is 8.32. The molecule has 3 unspecified atom stereocenters. The summed E-state index contributed by atoms with van der Waals surface area (Å²) < 4.78 is 0. The Balaban J connectivity index is 1.90. The predicted octanol–water partition coefficient (Wildman–Crippen LogP) is 1.35. The van der Waals surface area contributed by atoms with E-state index in [9.17, 15) is 14.9 Å². The maximum absolute atomic E-state index is 12.3. The quantitative estimate of drug-likeness (QED) is 0.710. The van der Waals surface area contributed by atoms with Crippen LogP contribution in [0.2, 0.25) is 0 Å². The Morgan fingerprint density at radius 2 is 2.00 bits per heavy atom. The van der Waals surface area contributed by atoms with Gasteiger partial charge in [0.1, 0.15) is 5.54 Å². The third kappa shape index (κ3) is 4.93. The summed E-state index contributed by atoms with van der Waals surface area (Å²) in [7, 11) is 0. The number of primary amides is 1. The molecule has 1 aliphatic carbocycles. The van der Waals surface area contributed by atoms with Gasteiger partial charge < -0.3 is 16.4 Å². The minimum atomic E-state index is -0.992. The lowest BCUT2D eigenvalue weighted by atomic mass is 9.81. The third-order valence-corrected chi connectivity index (χ3v) is 5.13. The van der Waals surface area contributed by atoms with E-state index in [1.165, 1.54) is 32.1 Å². The van der Waals surface area contributed by atoms with Crippen molar-refractivity contribution in [1.29, 1.82) is 5.26 Å². The van der Waals surface area contributed by atoms with E-state index in [0.717, 1.165) is 6.42 Å². The third-order valence-electron chi connectivity index (χ3n) is 5.13. The second kappa shape index (κ2) is 7.78. The molecule has 2 amide bonds. The second-order valence-corrected chi connectivity index (χ2v) is 7.22. The van der Waals surface area contributed by atoms with Crippen LogP contribution < -0.4 is 16.4 Å². The molecule has 0 bridgehead atoms. The first-order valence-electron chi connectivity index (χ1n) is 8.72. The Labute approximate surface area is 138 Å². The molecule has 0 aromatic heterocycles. The van der Waals surface area contributed by atoms with Gasteiger partial charge in [0, 0.05) is 18.9 Å². The number of nitriles is 1. The minimum Gasteiger partial charge on any atom is -0.368 e. The zero-order valence-corrected chi connectivity index (χ0v) is 13.9. The van der Waals surface area contributed by atoms with Crippen molar-refractivity contribution in [2.45, 2.75) is 82.3 Å². The summed E-state index contributed by atoms with van der Waals surface area (Å²) in [5, 5.41) is 15.6. The van der Waals surface area contributed by atoms with Crippen molar-refractivity contribution in [1.82, 2.24) is 10.6 Å². The zero-order chi connectivity index (χ0) is 16.9. The largest absolute Gasteiger partial charge is 0.368 e. The number of carbonyl (C=O) groups excluding carboxylic acids is 2. The normalized spacial score (nSPS) is 32.0. The van der Waals surface area contributed by atoms with Crippen LogP contribution >= 0.6 is 0 Å². The molecule has 23 heavy (non-hydrogen) atoms.